The molecule has 5 rings (SSSR count). The fourth-order valence-corrected chi connectivity index (χ4v) is 4.82. The Morgan fingerprint density at radius 1 is 1.24 bits per heavy atom. The van der Waals surface area contributed by atoms with Crippen molar-refractivity contribution >= 4 is 33.9 Å². The molecule has 0 saturated carbocycles. The van der Waals surface area contributed by atoms with Crippen molar-refractivity contribution in [2.75, 3.05) is 18.0 Å². The molecule has 0 amide bonds. The van der Waals surface area contributed by atoms with Gasteiger partial charge in [0.1, 0.15) is 11.4 Å². The fourth-order valence-electron chi connectivity index (χ4n) is 3.87. The van der Waals surface area contributed by atoms with Crippen LogP contribution in [0.1, 0.15) is 36.1 Å². The van der Waals surface area contributed by atoms with Crippen molar-refractivity contribution in [2.45, 2.75) is 38.0 Å². The summed E-state index contributed by atoms with van der Waals surface area (Å²) in [6.07, 6.45) is 0.720. The Balaban J connectivity index is 1.61. The lowest BCUT2D eigenvalue weighted by molar-refractivity contribution is -0.109. The second-order valence-corrected chi connectivity index (χ2v) is 9.47. The third kappa shape index (κ3) is 4.11. The highest BCUT2D eigenvalue weighted by molar-refractivity contribution is 8.14. The number of hydrogen-bond acceptors (Lipinski definition) is 10. The molecule has 34 heavy (non-hydrogen) atoms. The molecule has 1 aliphatic heterocycles. The van der Waals surface area contributed by atoms with E-state index in [1.165, 1.54) is 35.5 Å². The van der Waals surface area contributed by atoms with Gasteiger partial charge in [-0.2, -0.15) is 8.78 Å². The molecule has 1 aliphatic rings. The van der Waals surface area contributed by atoms with E-state index in [-0.39, 0.29) is 33.9 Å². The summed E-state index contributed by atoms with van der Waals surface area (Å²) < 4.78 is 37.2. The molecule has 0 bridgehead atoms. The van der Waals surface area contributed by atoms with Gasteiger partial charge >= 0.3 is 5.92 Å². The number of benzene rings is 1. The van der Waals surface area contributed by atoms with E-state index in [1.807, 2.05) is 4.90 Å². The predicted molar refractivity (Wildman–Crippen MR) is 120 cm³/mol. The maximum absolute atomic E-state index is 15.5. The molecular weight excluding hydrogens is 466 g/mol. The lowest BCUT2D eigenvalue weighted by Gasteiger charge is -2.21. The molecule has 4 heterocycles. The third-order valence-electron chi connectivity index (χ3n) is 5.58. The van der Waals surface area contributed by atoms with Crippen LogP contribution < -0.4 is 4.90 Å². The first-order valence-corrected chi connectivity index (χ1v) is 11.5. The number of aryl methyl sites for hydroxylation is 1. The van der Waals surface area contributed by atoms with Gasteiger partial charge in [-0.15, -0.1) is 5.10 Å². The van der Waals surface area contributed by atoms with Crippen molar-refractivity contribution in [3.63, 3.8) is 0 Å². The molecular formula is C21H20F2N8O2S. The smallest absolute Gasteiger partial charge is 0.331 e. The average Bonchev–Trinajstić information content (AvgIpc) is 3.55. The summed E-state index contributed by atoms with van der Waals surface area (Å²) >= 11 is 1.24. The zero-order valence-corrected chi connectivity index (χ0v) is 19.2. The van der Waals surface area contributed by atoms with Crippen LogP contribution in [0.2, 0.25) is 0 Å². The lowest BCUT2D eigenvalue weighted by atomic mass is 10.1. The number of carbonyl (C=O) groups is 1. The number of thioether (sulfide) groups is 1. The molecule has 1 aromatic carbocycles. The largest absolute Gasteiger partial charge is 0.353 e. The van der Waals surface area contributed by atoms with Crippen LogP contribution in [0.25, 0.3) is 11.2 Å². The Hall–Kier alpha value is -3.48. The second kappa shape index (κ2) is 8.70. The molecule has 0 radical (unpaired) electrons. The standard InChI is InChI=1S/C21H20F2N8O2S/c1-12-16(28-33-27-12)11-31-19-17(26-29-31)18(30-9-8-15(10-30)34-13(2)32)24-20(25-19)21(22,23)14-6-4-3-5-7-14/h3-7,15H,8-11H2,1-2H3. The maximum Gasteiger partial charge on any atom is 0.331 e. The van der Waals surface area contributed by atoms with Gasteiger partial charge in [0.2, 0.25) is 5.82 Å². The zero-order chi connectivity index (χ0) is 23.9. The van der Waals surface area contributed by atoms with E-state index >= 15 is 8.78 Å². The molecule has 1 saturated heterocycles. The number of halogens is 2. The van der Waals surface area contributed by atoms with Crippen LogP contribution in [0.15, 0.2) is 35.0 Å². The Labute approximate surface area is 196 Å². The van der Waals surface area contributed by atoms with Gasteiger partial charge < -0.3 is 4.90 Å². The van der Waals surface area contributed by atoms with E-state index in [2.05, 4.69) is 30.6 Å². The van der Waals surface area contributed by atoms with Gasteiger partial charge in [0.05, 0.1) is 6.54 Å². The van der Waals surface area contributed by atoms with Gasteiger partial charge in [-0.25, -0.2) is 19.3 Å². The van der Waals surface area contributed by atoms with Crippen molar-refractivity contribution in [3.8, 4) is 0 Å². The molecule has 0 N–H and O–H groups in total. The number of alkyl halides is 2. The molecule has 0 spiro atoms. The second-order valence-electron chi connectivity index (χ2n) is 7.99. The normalized spacial score (nSPS) is 16.5. The van der Waals surface area contributed by atoms with E-state index in [1.54, 1.807) is 25.1 Å². The van der Waals surface area contributed by atoms with Gasteiger partial charge in [0, 0.05) is 30.8 Å². The molecule has 3 aromatic heterocycles. The summed E-state index contributed by atoms with van der Waals surface area (Å²) in [7, 11) is 0. The Kier molecular flexibility index (Phi) is 5.71. The van der Waals surface area contributed by atoms with Gasteiger partial charge in [0.25, 0.3) is 0 Å². The number of fused-ring (bicyclic) bond motifs is 1. The minimum atomic E-state index is -3.45. The number of aromatic nitrogens is 7. The van der Waals surface area contributed by atoms with Crippen LogP contribution >= 0.6 is 11.8 Å². The SMILES string of the molecule is CC(=O)SC1CCN(c2nc(C(F)(F)c3ccccc3)nc3c2nnn3Cc2nonc2C)C1. The fraction of sp³-hybridized carbons (Fsp3) is 0.381. The molecule has 1 atom stereocenters. The summed E-state index contributed by atoms with van der Waals surface area (Å²) in [5.41, 5.74) is 1.28. The third-order valence-corrected chi connectivity index (χ3v) is 6.63. The molecule has 1 unspecified atom stereocenters. The maximum atomic E-state index is 15.5. The van der Waals surface area contributed by atoms with E-state index in [4.69, 9.17) is 4.63 Å². The quantitative estimate of drug-likeness (QED) is 0.403. The van der Waals surface area contributed by atoms with E-state index in [9.17, 15) is 4.79 Å². The van der Waals surface area contributed by atoms with E-state index in [0.29, 0.717) is 30.0 Å². The summed E-state index contributed by atoms with van der Waals surface area (Å²) in [4.78, 5) is 21.9. The zero-order valence-electron chi connectivity index (χ0n) is 18.4. The molecule has 10 nitrogen and oxygen atoms in total. The van der Waals surface area contributed by atoms with Crippen molar-refractivity contribution < 1.29 is 18.2 Å². The molecule has 13 heteroatoms. The molecule has 4 aromatic rings. The van der Waals surface area contributed by atoms with Crippen LogP contribution in [-0.4, -0.2) is 58.7 Å². The summed E-state index contributed by atoms with van der Waals surface area (Å²) in [6.45, 7) is 4.36. The highest BCUT2D eigenvalue weighted by atomic mass is 32.2. The van der Waals surface area contributed by atoms with Crippen LogP contribution in [0.3, 0.4) is 0 Å². The topological polar surface area (TPSA) is 116 Å². The van der Waals surface area contributed by atoms with Crippen molar-refractivity contribution in [3.05, 3.63) is 53.1 Å². The number of hydrogen-bond donors (Lipinski definition) is 0. The summed E-state index contributed by atoms with van der Waals surface area (Å²) in [5, 5.41) is 16.0. The minimum absolute atomic E-state index is 0.0125. The van der Waals surface area contributed by atoms with E-state index < -0.39 is 11.7 Å². The number of rotatable bonds is 6. The lowest BCUT2D eigenvalue weighted by Crippen LogP contribution is -2.26. The van der Waals surface area contributed by atoms with Gasteiger partial charge in [0.15, 0.2) is 22.1 Å². The van der Waals surface area contributed by atoms with Crippen molar-refractivity contribution in [1.29, 1.82) is 0 Å². The average molecular weight is 487 g/mol. The molecule has 176 valence electrons. The predicted octanol–water partition coefficient (Wildman–Crippen LogP) is 2.96. The summed E-state index contributed by atoms with van der Waals surface area (Å²) in [6, 6.07) is 7.42. The first-order chi connectivity index (χ1) is 16.3. The molecule has 1 fully saturated rings. The highest BCUT2D eigenvalue weighted by Crippen LogP contribution is 2.37. The van der Waals surface area contributed by atoms with Gasteiger partial charge in [-0.3, -0.25) is 4.79 Å². The molecule has 0 aliphatic carbocycles. The van der Waals surface area contributed by atoms with Crippen molar-refractivity contribution in [1.82, 2.24) is 35.3 Å². The van der Waals surface area contributed by atoms with E-state index in [0.717, 1.165) is 6.42 Å². The number of anilines is 1. The van der Waals surface area contributed by atoms with Crippen LogP contribution in [0, 0.1) is 6.92 Å². The number of carbonyl (C=O) groups excluding carboxylic acids is 1. The minimum Gasteiger partial charge on any atom is -0.353 e. The summed E-state index contributed by atoms with van der Waals surface area (Å²) in [5.74, 6) is -3.83. The van der Waals surface area contributed by atoms with Crippen LogP contribution in [0.4, 0.5) is 14.6 Å². The van der Waals surface area contributed by atoms with Gasteiger partial charge in [-0.1, -0.05) is 57.6 Å². The Morgan fingerprint density at radius 2 is 2.03 bits per heavy atom. The number of nitrogens with zero attached hydrogens (tertiary/aromatic N) is 8. The highest BCUT2D eigenvalue weighted by Gasteiger charge is 2.40. The Bertz CT molecular complexity index is 1340. The first-order valence-electron chi connectivity index (χ1n) is 10.6. The first kappa shape index (κ1) is 22.3. The Morgan fingerprint density at radius 3 is 2.74 bits per heavy atom. The van der Waals surface area contributed by atoms with Crippen molar-refractivity contribution in [2.24, 2.45) is 0 Å². The van der Waals surface area contributed by atoms with Crippen LogP contribution in [-0.2, 0) is 17.3 Å². The van der Waals surface area contributed by atoms with Crippen LogP contribution in [0.5, 0.6) is 0 Å². The monoisotopic (exact) mass is 486 g/mol. The van der Waals surface area contributed by atoms with Gasteiger partial charge in [-0.05, 0) is 13.3 Å².